The summed E-state index contributed by atoms with van der Waals surface area (Å²) in [5.74, 6) is 0.903. The molecule has 0 N–H and O–H groups in total. The number of allylic oxidation sites excluding steroid dienone is 1. The molecular weight excluding hydrogens is 226 g/mol. The first-order valence-corrected chi connectivity index (χ1v) is 6.57. The molecule has 1 aliphatic heterocycles. The lowest BCUT2D eigenvalue weighted by atomic mass is 9.82. The maximum atomic E-state index is 11.5. The van der Waals surface area contributed by atoms with E-state index in [1.807, 2.05) is 6.92 Å². The molecule has 18 heavy (non-hydrogen) atoms. The highest BCUT2D eigenvalue weighted by Crippen LogP contribution is 2.34. The Bertz CT molecular complexity index is 595. The van der Waals surface area contributed by atoms with Gasteiger partial charge in [0.1, 0.15) is 5.76 Å². The third-order valence-electron chi connectivity index (χ3n) is 3.87. The van der Waals surface area contributed by atoms with Crippen molar-refractivity contribution in [1.82, 2.24) is 0 Å². The van der Waals surface area contributed by atoms with Crippen molar-refractivity contribution < 1.29 is 4.42 Å². The van der Waals surface area contributed by atoms with E-state index < -0.39 is 0 Å². The Hall–Kier alpha value is -1.64. The highest BCUT2D eigenvalue weighted by atomic mass is 16.4. The van der Waals surface area contributed by atoms with Crippen LogP contribution in [0.25, 0.3) is 0 Å². The maximum absolute atomic E-state index is 11.5. The highest BCUT2D eigenvalue weighted by Gasteiger charge is 2.30. The molecule has 0 radical (unpaired) electrons. The first-order valence-electron chi connectivity index (χ1n) is 6.57. The molecule has 1 aliphatic carbocycles. The van der Waals surface area contributed by atoms with Gasteiger partial charge in [0, 0.05) is 11.8 Å². The second kappa shape index (κ2) is 4.23. The minimum absolute atomic E-state index is 0.0872. The van der Waals surface area contributed by atoms with Gasteiger partial charge < -0.3 is 4.42 Å². The summed E-state index contributed by atoms with van der Waals surface area (Å²) in [4.78, 5) is 16.3. The molecule has 0 spiro atoms. The zero-order chi connectivity index (χ0) is 12.7. The van der Waals surface area contributed by atoms with E-state index in [9.17, 15) is 4.79 Å². The summed E-state index contributed by atoms with van der Waals surface area (Å²) in [6.45, 7) is 4.12. The first kappa shape index (κ1) is 11.5. The topological polar surface area (TPSA) is 42.6 Å². The molecule has 0 amide bonds. The van der Waals surface area contributed by atoms with E-state index in [1.54, 1.807) is 6.07 Å². The molecule has 3 heteroatoms. The van der Waals surface area contributed by atoms with Gasteiger partial charge in [0.2, 0.25) is 0 Å². The van der Waals surface area contributed by atoms with Crippen molar-refractivity contribution in [3.63, 3.8) is 0 Å². The Balaban J connectivity index is 2.10. The van der Waals surface area contributed by atoms with Crippen LogP contribution in [-0.4, -0.2) is 11.8 Å². The Morgan fingerprint density at radius 1 is 1.39 bits per heavy atom. The molecule has 3 nitrogen and oxygen atoms in total. The molecular formula is C15H17NO2. The fraction of sp³-hybridized carbons (Fsp3) is 0.467. The van der Waals surface area contributed by atoms with Crippen molar-refractivity contribution in [2.75, 3.05) is 0 Å². The molecule has 0 saturated carbocycles. The number of fused-ring (bicyclic) bond motifs is 3. The number of dihydropyridines is 1. The standard InChI is InChI=1S/C15H17NO2/c1-3-10-4-5-12-13(16-10)7-6-11-9(2)8-14(17)18-15(11)12/h4-5,8,10,12H,3,6-7H2,1-2H3. The van der Waals surface area contributed by atoms with Gasteiger partial charge in [-0.3, -0.25) is 4.99 Å². The fourth-order valence-corrected chi connectivity index (χ4v) is 2.86. The fourth-order valence-electron chi connectivity index (χ4n) is 2.86. The molecule has 0 saturated heterocycles. The molecule has 2 aliphatic rings. The Morgan fingerprint density at radius 3 is 3.00 bits per heavy atom. The predicted octanol–water partition coefficient (Wildman–Crippen LogP) is 2.77. The van der Waals surface area contributed by atoms with Gasteiger partial charge in [0.25, 0.3) is 0 Å². The molecule has 0 bridgehead atoms. The van der Waals surface area contributed by atoms with E-state index in [2.05, 4.69) is 19.1 Å². The van der Waals surface area contributed by atoms with Crippen LogP contribution in [0.1, 0.15) is 42.6 Å². The summed E-state index contributed by atoms with van der Waals surface area (Å²) < 4.78 is 5.43. The SMILES string of the molecule is CCC1C=CC2C(=N1)CCc1c(C)cc(=O)oc12. The normalized spacial score (nSPS) is 25.3. The zero-order valence-corrected chi connectivity index (χ0v) is 10.8. The molecule has 2 unspecified atom stereocenters. The zero-order valence-electron chi connectivity index (χ0n) is 10.8. The third-order valence-corrected chi connectivity index (χ3v) is 3.87. The molecule has 3 rings (SSSR count). The van der Waals surface area contributed by atoms with Crippen LogP contribution >= 0.6 is 0 Å². The van der Waals surface area contributed by atoms with E-state index in [-0.39, 0.29) is 11.5 Å². The smallest absolute Gasteiger partial charge is 0.336 e. The van der Waals surface area contributed by atoms with E-state index in [0.29, 0.717) is 6.04 Å². The van der Waals surface area contributed by atoms with Gasteiger partial charge in [-0.15, -0.1) is 0 Å². The summed E-state index contributed by atoms with van der Waals surface area (Å²) >= 11 is 0. The molecule has 0 fully saturated rings. The Morgan fingerprint density at radius 2 is 2.22 bits per heavy atom. The highest BCUT2D eigenvalue weighted by molar-refractivity contribution is 5.95. The van der Waals surface area contributed by atoms with Crippen LogP contribution < -0.4 is 5.63 Å². The minimum Gasteiger partial charge on any atom is -0.427 e. The maximum Gasteiger partial charge on any atom is 0.336 e. The van der Waals surface area contributed by atoms with Crippen molar-refractivity contribution in [2.24, 2.45) is 4.99 Å². The number of nitrogens with zero attached hydrogens (tertiary/aromatic N) is 1. The number of aliphatic imine (C=N–C) groups is 1. The molecule has 2 heterocycles. The minimum atomic E-state index is -0.251. The van der Waals surface area contributed by atoms with E-state index in [0.717, 1.165) is 30.6 Å². The van der Waals surface area contributed by atoms with Gasteiger partial charge in [-0.1, -0.05) is 19.1 Å². The monoisotopic (exact) mass is 243 g/mol. The van der Waals surface area contributed by atoms with Crippen LogP contribution in [0.3, 0.4) is 0 Å². The van der Waals surface area contributed by atoms with Gasteiger partial charge in [-0.25, -0.2) is 4.79 Å². The Labute approximate surface area is 106 Å². The summed E-state index contributed by atoms with van der Waals surface area (Å²) in [7, 11) is 0. The van der Waals surface area contributed by atoms with Gasteiger partial charge in [-0.05, 0) is 37.3 Å². The van der Waals surface area contributed by atoms with Crippen molar-refractivity contribution in [3.05, 3.63) is 45.5 Å². The summed E-state index contributed by atoms with van der Waals surface area (Å²) in [6, 6.07) is 1.89. The largest absolute Gasteiger partial charge is 0.427 e. The van der Waals surface area contributed by atoms with Crippen LogP contribution in [0.4, 0.5) is 0 Å². The quantitative estimate of drug-likeness (QED) is 0.712. The second-order valence-electron chi connectivity index (χ2n) is 5.05. The summed E-state index contributed by atoms with van der Waals surface area (Å²) in [5, 5.41) is 0. The first-order chi connectivity index (χ1) is 8.69. The number of hydrogen-bond donors (Lipinski definition) is 0. The van der Waals surface area contributed by atoms with Crippen LogP contribution in [-0.2, 0) is 6.42 Å². The van der Waals surface area contributed by atoms with Gasteiger partial charge >= 0.3 is 5.63 Å². The molecule has 0 aromatic carbocycles. The summed E-state index contributed by atoms with van der Waals surface area (Å²) in [5.41, 5.74) is 3.16. The lowest BCUT2D eigenvalue weighted by Gasteiger charge is -2.28. The lowest BCUT2D eigenvalue weighted by Crippen LogP contribution is -2.26. The summed E-state index contributed by atoms with van der Waals surface area (Å²) in [6.07, 6.45) is 7.22. The van der Waals surface area contributed by atoms with E-state index in [4.69, 9.17) is 9.41 Å². The van der Waals surface area contributed by atoms with Gasteiger partial charge in [-0.2, -0.15) is 0 Å². The molecule has 1 aromatic rings. The van der Waals surface area contributed by atoms with Crippen molar-refractivity contribution in [1.29, 1.82) is 0 Å². The van der Waals surface area contributed by atoms with Crippen LogP contribution in [0.5, 0.6) is 0 Å². The van der Waals surface area contributed by atoms with E-state index >= 15 is 0 Å². The number of aryl methyl sites for hydroxylation is 1. The van der Waals surface area contributed by atoms with Crippen molar-refractivity contribution in [3.8, 4) is 0 Å². The molecule has 94 valence electrons. The van der Waals surface area contributed by atoms with Crippen LogP contribution in [0, 0.1) is 6.92 Å². The van der Waals surface area contributed by atoms with Crippen LogP contribution in [0.15, 0.2) is 32.4 Å². The van der Waals surface area contributed by atoms with Gasteiger partial charge in [0.15, 0.2) is 0 Å². The average Bonchev–Trinajstić information content (AvgIpc) is 2.37. The Kier molecular flexibility index (Phi) is 2.69. The third kappa shape index (κ3) is 1.74. The lowest BCUT2D eigenvalue weighted by molar-refractivity contribution is 0.445. The van der Waals surface area contributed by atoms with E-state index in [1.165, 1.54) is 11.3 Å². The molecule has 1 aromatic heterocycles. The number of rotatable bonds is 1. The van der Waals surface area contributed by atoms with Crippen molar-refractivity contribution >= 4 is 5.71 Å². The van der Waals surface area contributed by atoms with Crippen molar-refractivity contribution in [2.45, 2.75) is 45.1 Å². The molecule has 2 atom stereocenters. The van der Waals surface area contributed by atoms with Crippen LogP contribution in [0.2, 0.25) is 0 Å². The predicted molar refractivity (Wildman–Crippen MR) is 71.4 cm³/mol. The second-order valence-corrected chi connectivity index (χ2v) is 5.05. The number of hydrogen-bond acceptors (Lipinski definition) is 3. The average molecular weight is 243 g/mol. The van der Waals surface area contributed by atoms with Gasteiger partial charge in [0.05, 0.1) is 12.0 Å².